The summed E-state index contributed by atoms with van der Waals surface area (Å²) >= 11 is 0. The molecule has 6 heteroatoms. The van der Waals surface area contributed by atoms with Crippen molar-refractivity contribution in [2.24, 2.45) is 0 Å². The number of rotatable bonds is 4. The predicted molar refractivity (Wildman–Crippen MR) is 84.0 cm³/mol. The van der Waals surface area contributed by atoms with Gasteiger partial charge < -0.3 is 15.7 Å². The van der Waals surface area contributed by atoms with Crippen LogP contribution in [0.1, 0.15) is 57.1 Å². The van der Waals surface area contributed by atoms with Gasteiger partial charge in [0.15, 0.2) is 0 Å². The highest BCUT2D eigenvalue weighted by Gasteiger charge is 2.32. The summed E-state index contributed by atoms with van der Waals surface area (Å²) in [6, 6.07) is 2.23. The standard InChI is InChI=1S/C17H24F2N2O2/c1-12(14-7-6-13(18)10-15(14)19)20-16(23)21-17(11-22)8-4-2-3-5-9-17/h6-7,10,12,22H,2-5,8-9,11H2,1H3,(H2,20,21,23)/t12-/m0/s1. The maximum absolute atomic E-state index is 13.8. The Morgan fingerprint density at radius 2 is 1.91 bits per heavy atom. The summed E-state index contributed by atoms with van der Waals surface area (Å²) in [4.78, 5) is 12.2. The van der Waals surface area contributed by atoms with Crippen LogP contribution in [0.3, 0.4) is 0 Å². The molecule has 0 aromatic heterocycles. The van der Waals surface area contributed by atoms with E-state index in [1.165, 1.54) is 6.07 Å². The van der Waals surface area contributed by atoms with Crippen LogP contribution < -0.4 is 10.6 Å². The number of benzene rings is 1. The molecule has 3 N–H and O–H groups in total. The zero-order chi connectivity index (χ0) is 16.9. The SMILES string of the molecule is C[C@H](NC(=O)NC1(CO)CCCCCC1)c1ccc(F)cc1F. The van der Waals surface area contributed by atoms with E-state index in [9.17, 15) is 18.7 Å². The number of carbonyl (C=O) groups excluding carboxylic acids is 1. The van der Waals surface area contributed by atoms with E-state index in [4.69, 9.17) is 0 Å². The third kappa shape index (κ3) is 4.64. The van der Waals surface area contributed by atoms with Crippen LogP contribution in [0.2, 0.25) is 0 Å². The van der Waals surface area contributed by atoms with Gasteiger partial charge in [0.25, 0.3) is 0 Å². The number of nitrogens with one attached hydrogen (secondary N) is 2. The molecule has 0 unspecified atom stereocenters. The van der Waals surface area contributed by atoms with Gasteiger partial charge in [-0.1, -0.05) is 31.7 Å². The van der Waals surface area contributed by atoms with Gasteiger partial charge in [0.05, 0.1) is 18.2 Å². The van der Waals surface area contributed by atoms with Crippen LogP contribution >= 0.6 is 0 Å². The van der Waals surface area contributed by atoms with Gasteiger partial charge >= 0.3 is 6.03 Å². The van der Waals surface area contributed by atoms with Gasteiger partial charge in [-0.05, 0) is 25.8 Å². The van der Waals surface area contributed by atoms with Gasteiger partial charge in [-0.15, -0.1) is 0 Å². The highest BCUT2D eigenvalue weighted by Crippen LogP contribution is 2.27. The van der Waals surface area contributed by atoms with Crippen molar-refractivity contribution < 1.29 is 18.7 Å². The van der Waals surface area contributed by atoms with Gasteiger partial charge in [-0.3, -0.25) is 0 Å². The molecule has 1 aliphatic rings. The average molecular weight is 326 g/mol. The molecule has 1 saturated carbocycles. The molecule has 0 bridgehead atoms. The maximum Gasteiger partial charge on any atom is 0.315 e. The van der Waals surface area contributed by atoms with E-state index in [1.54, 1.807) is 6.92 Å². The lowest BCUT2D eigenvalue weighted by molar-refractivity contribution is 0.145. The zero-order valence-corrected chi connectivity index (χ0v) is 13.4. The normalized spacial score (nSPS) is 18.8. The molecule has 0 aliphatic heterocycles. The monoisotopic (exact) mass is 326 g/mol. The third-order valence-corrected chi connectivity index (χ3v) is 4.52. The Bertz CT molecular complexity index is 543. The lowest BCUT2D eigenvalue weighted by atomic mass is 9.91. The minimum atomic E-state index is -0.691. The van der Waals surface area contributed by atoms with Crippen molar-refractivity contribution in [1.82, 2.24) is 10.6 Å². The van der Waals surface area contributed by atoms with Crippen LogP contribution in [0.5, 0.6) is 0 Å². The Labute approximate surface area is 135 Å². The smallest absolute Gasteiger partial charge is 0.315 e. The average Bonchev–Trinajstić information content (AvgIpc) is 2.73. The summed E-state index contributed by atoms with van der Waals surface area (Å²) in [5.74, 6) is -1.34. The van der Waals surface area contributed by atoms with Crippen molar-refractivity contribution in [3.63, 3.8) is 0 Å². The number of aliphatic hydroxyl groups excluding tert-OH is 1. The summed E-state index contributed by atoms with van der Waals surface area (Å²) < 4.78 is 26.7. The second-order valence-corrected chi connectivity index (χ2v) is 6.34. The Morgan fingerprint density at radius 3 is 2.48 bits per heavy atom. The van der Waals surface area contributed by atoms with Crippen LogP contribution in [0.15, 0.2) is 18.2 Å². The Balaban J connectivity index is 2.00. The highest BCUT2D eigenvalue weighted by molar-refractivity contribution is 5.75. The molecule has 0 radical (unpaired) electrons. The van der Waals surface area contributed by atoms with Crippen molar-refractivity contribution in [3.05, 3.63) is 35.4 Å². The molecule has 0 heterocycles. The van der Waals surface area contributed by atoms with Gasteiger partial charge in [0.1, 0.15) is 11.6 Å². The van der Waals surface area contributed by atoms with Crippen LogP contribution in [0.25, 0.3) is 0 Å². The van der Waals surface area contributed by atoms with Gasteiger partial charge in [-0.25, -0.2) is 13.6 Å². The fraction of sp³-hybridized carbons (Fsp3) is 0.588. The zero-order valence-electron chi connectivity index (χ0n) is 13.4. The number of hydrogen-bond donors (Lipinski definition) is 3. The number of urea groups is 1. The largest absolute Gasteiger partial charge is 0.394 e. The first-order valence-electron chi connectivity index (χ1n) is 8.10. The predicted octanol–water partition coefficient (Wildman–Crippen LogP) is 3.41. The first-order valence-corrected chi connectivity index (χ1v) is 8.10. The summed E-state index contributed by atoms with van der Waals surface area (Å²) in [5.41, 5.74) is -0.387. The van der Waals surface area contributed by atoms with E-state index >= 15 is 0 Å². The molecule has 1 atom stereocenters. The highest BCUT2D eigenvalue weighted by atomic mass is 19.1. The summed E-state index contributed by atoms with van der Waals surface area (Å²) in [7, 11) is 0. The third-order valence-electron chi connectivity index (χ3n) is 4.52. The van der Waals surface area contributed by atoms with Gasteiger partial charge in [-0.2, -0.15) is 0 Å². The van der Waals surface area contributed by atoms with Gasteiger partial charge in [0.2, 0.25) is 0 Å². The van der Waals surface area contributed by atoms with Crippen LogP contribution in [0.4, 0.5) is 13.6 Å². The van der Waals surface area contributed by atoms with Crippen molar-refractivity contribution in [2.45, 2.75) is 57.0 Å². The first-order chi connectivity index (χ1) is 11.0. The molecule has 0 spiro atoms. The van der Waals surface area contributed by atoms with E-state index in [2.05, 4.69) is 10.6 Å². The molecule has 1 aromatic rings. The quantitative estimate of drug-likeness (QED) is 0.743. The topological polar surface area (TPSA) is 61.4 Å². The van der Waals surface area contributed by atoms with Gasteiger partial charge in [0, 0.05) is 11.6 Å². The summed E-state index contributed by atoms with van der Waals surface area (Å²) in [5, 5.41) is 15.2. The lowest BCUT2D eigenvalue weighted by Gasteiger charge is -2.32. The number of halogens is 2. The van der Waals surface area contributed by atoms with E-state index in [-0.39, 0.29) is 12.2 Å². The fourth-order valence-corrected chi connectivity index (χ4v) is 3.13. The molecule has 128 valence electrons. The first kappa shape index (κ1) is 17.7. The number of hydrogen-bond acceptors (Lipinski definition) is 2. The second-order valence-electron chi connectivity index (χ2n) is 6.34. The molecule has 23 heavy (non-hydrogen) atoms. The van der Waals surface area contributed by atoms with E-state index in [1.807, 2.05) is 0 Å². The molecule has 1 fully saturated rings. The molecule has 2 rings (SSSR count). The van der Waals surface area contributed by atoms with Crippen LogP contribution in [-0.2, 0) is 0 Å². The van der Waals surface area contributed by atoms with E-state index < -0.39 is 29.2 Å². The Kier molecular flexibility index (Phi) is 5.93. The van der Waals surface area contributed by atoms with Crippen molar-refractivity contribution in [1.29, 1.82) is 0 Å². The maximum atomic E-state index is 13.8. The van der Waals surface area contributed by atoms with Crippen molar-refractivity contribution in [2.75, 3.05) is 6.61 Å². The minimum absolute atomic E-state index is 0.111. The van der Waals surface area contributed by atoms with E-state index in [0.29, 0.717) is 0 Å². The molecular weight excluding hydrogens is 302 g/mol. The van der Waals surface area contributed by atoms with Crippen molar-refractivity contribution in [3.8, 4) is 0 Å². The summed E-state index contributed by atoms with van der Waals surface area (Å²) in [6.07, 6.45) is 5.59. The van der Waals surface area contributed by atoms with Crippen molar-refractivity contribution >= 4 is 6.03 Å². The number of aliphatic hydroxyl groups is 1. The Hall–Kier alpha value is -1.69. The van der Waals surface area contributed by atoms with Crippen LogP contribution in [0, 0.1) is 11.6 Å². The van der Waals surface area contributed by atoms with E-state index in [0.717, 1.165) is 50.7 Å². The Morgan fingerprint density at radius 1 is 1.26 bits per heavy atom. The van der Waals surface area contributed by atoms with Crippen LogP contribution in [-0.4, -0.2) is 23.3 Å². The fourth-order valence-electron chi connectivity index (χ4n) is 3.13. The molecule has 1 aromatic carbocycles. The summed E-state index contributed by atoms with van der Waals surface area (Å²) in [6.45, 7) is 1.52. The molecule has 2 amide bonds. The number of carbonyl (C=O) groups is 1. The molecule has 4 nitrogen and oxygen atoms in total. The number of amides is 2. The molecule has 0 saturated heterocycles. The second kappa shape index (κ2) is 7.73. The minimum Gasteiger partial charge on any atom is -0.394 e. The molecule has 1 aliphatic carbocycles. The molecular formula is C17H24F2N2O2. The lowest BCUT2D eigenvalue weighted by Crippen LogP contribution is -2.54.